The smallest absolute Gasteiger partial charge is 0.0783 e. The minimum absolute atomic E-state index is 0.0972. The van der Waals surface area contributed by atoms with Crippen molar-refractivity contribution in [2.45, 2.75) is 60.6 Å². The number of thioether (sulfide) groups is 3. The zero-order valence-corrected chi connectivity index (χ0v) is 14.9. The van der Waals surface area contributed by atoms with Crippen LogP contribution in [0.5, 0.6) is 0 Å². The second-order valence-electron chi connectivity index (χ2n) is 6.50. The van der Waals surface area contributed by atoms with Gasteiger partial charge >= 0.3 is 0 Å². The van der Waals surface area contributed by atoms with Gasteiger partial charge in [0.1, 0.15) is 0 Å². The van der Waals surface area contributed by atoms with Crippen LogP contribution in [-0.4, -0.2) is 56.4 Å². The summed E-state index contributed by atoms with van der Waals surface area (Å²) in [5, 5.41) is 12.6. The van der Waals surface area contributed by atoms with E-state index in [1.54, 1.807) is 0 Å². The first-order valence-corrected chi connectivity index (χ1v) is 10.9. The molecule has 0 radical (unpaired) electrons. The van der Waals surface area contributed by atoms with E-state index in [9.17, 15) is 5.11 Å². The minimum atomic E-state index is -0.145. The van der Waals surface area contributed by atoms with Crippen LogP contribution in [0.2, 0.25) is 0 Å². The largest absolute Gasteiger partial charge is 0.392 e. The van der Waals surface area contributed by atoms with E-state index in [0.29, 0.717) is 16.4 Å². The maximum Gasteiger partial charge on any atom is 0.0783 e. The molecule has 0 aromatic heterocycles. The summed E-state index contributed by atoms with van der Waals surface area (Å²) < 4.78 is 6.09. The van der Waals surface area contributed by atoms with Crippen LogP contribution in [0.4, 0.5) is 0 Å². The molecule has 0 aliphatic carbocycles. The van der Waals surface area contributed by atoms with Crippen LogP contribution >= 0.6 is 35.3 Å². The Labute approximate surface area is 135 Å². The zero-order chi connectivity index (χ0) is 14.2. The lowest BCUT2D eigenvalue weighted by atomic mass is 9.81. The molecule has 6 atom stereocenters. The number of rotatable bonds is 2. The molecule has 3 aliphatic heterocycles. The molecule has 5 heteroatoms. The monoisotopic (exact) mass is 334 g/mol. The van der Waals surface area contributed by atoms with Crippen LogP contribution < -0.4 is 0 Å². The molecule has 1 spiro atoms. The molecule has 0 aromatic rings. The van der Waals surface area contributed by atoms with Gasteiger partial charge in [-0.1, -0.05) is 13.8 Å². The SMILES string of the molecule is CC1SCC(C(O)C2CCOC3(CCSC3)C2)SC1C. The average Bonchev–Trinajstić information content (AvgIpc) is 2.89. The maximum atomic E-state index is 10.8. The average molecular weight is 335 g/mol. The molecule has 3 saturated heterocycles. The highest BCUT2D eigenvalue weighted by Crippen LogP contribution is 2.44. The third-order valence-electron chi connectivity index (χ3n) is 5.04. The lowest BCUT2D eigenvalue weighted by molar-refractivity contribution is -0.100. The van der Waals surface area contributed by atoms with Crippen LogP contribution in [-0.2, 0) is 4.74 Å². The molecule has 3 rings (SSSR count). The summed E-state index contributed by atoms with van der Waals surface area (Å²) in [6.07, 6.45) is 3.15. The fraction of sp³-hybridized carbons (Fsp3) is 1.00. The molecule has 1 N–H and O–H groups in total. The number of hydrogen-bond donors (Lipinski definition) is 1. The molecule has 0 amide bonds. The van der Waals surface area contributed by atoms with E-state index in [1.807, 2.05) is 35.3 Å². The summed E-state index contributed by atoms with van der Waals surface area (Å²) in [7, 11) is 0. The van der Waals surface area contributed by atoms with Crippen molar-refractivity contribution in [3.63, 3.8) is 0 Å². The molecule has 0 bridgehead atoms. The van der Waals surface area contributed by atoms with E-state index in [-0.39, 0.29) is 11.7 Å². The Morgan fingerprint density at radius 1 is 1.30 bits per heavy atom. The van der Waals surface area contributed by atoms with Crippen LogP contribution in [0.1, 0.15) is 33.1 Å². The Morgan fingerprint density at radius 3 is 2.85 bits per heavy atom. The summed E-state index contributed by atoms with van der Waals surface area (Å²) in [5.74, 6) is 3.92. The van der Waals surface area contributed by atoms with Gasteiger partial charge in [-0.15, -0.1) is 0 Å². The van der Waals surface area contributed by atoms with Gasteiger partial charge in [0, 0.05) is 33.9 Å². The lowest BCUT2D eigenvalue weighted by Crippen LogP contribution is -2.47. The molecule has 20 heavy (non-hydrogen) atoms. The first-order chi connectivity index (χ1) is 9.60. The van der Waals surface area contributed by atoms with Crippen molar-refractivity contribution in [3.8, 4) is 0 Å². The highest BCUT2D eigenvalue weighted by Gasteiger charge is 2.44. The molecule has 6 unspecified atom stereocenters. The second kappa shape index (κ2) is 6.61. The van der Waals surface area contributed by atoms with Gasteiger partial charge in [0.15, 0.2) is 0 Å². The highest BCUT2D eigenvalue weighted by molar-refractivity contribution is 8.07. The number of hydrogen-bond acceptors (Lipinski definition) is 5. The quantitative estimate of drug-likeness (QED) is 0.837. The van der Waals surface area contributed by atoms with Gasteiger partial charge in [-0.3, -0.25) is 0 Å². The van der Waals surface area contributed by atoms with E-state index in [4.69, 9.17) is 4.74 Å². The molecule has 3 fully saturated rings. The Hall–Kier alpha value is 0.970. The van der Waals surface area contributed by atoms with Gasteiger partial charge in [0.2, 0.25) is 0 Å². The summed E-state index contributed by atoms with van der Waals surface area (Å²) in [6, 6.07) is 0. The van der Waals surface area contributed by atoms with Crippen molar-refractivity contribution < 1.29 is 9.84 Å². The first kappa shape index (κ1) is 15.9. The Kier molecular flexibility index (Phi) is 5.24. The predicted molar refractivity (Wildman–Crippen MR) is 92.1 cm³/mol. The molecule has 116 valence electrons. The number of ether oxygens (including phenoxy) is 1. The molecule has 0 aromatic carbocycles. The van der Waals surface area contributed by atoms with Crippen molar-refractivity contribution in [1.82, 2.24) is 0 Å². The van der Waals surface area contributed by atoms with Gasteiger partial charge in [0.25, 0.3) is 0 Å². The highest BCUT2D eigenvalue weighted by atomic mass is 32.2. The maximum absolute atomic E-state index is 10.8. The van der Waals surface area contributed by atoms with Crippen molar-refractivity contribution in [2.75, 3.05) is 23.9 Å². The fourth-order valence-electron chi connectivity index (χ4n) is 3.51. The van der Waals surface area contributed by atoms with Crippen molar-refractivity contribution in [1.29, 1.82) is 0 Å². The van der Waals surface area contributed by atoms with E-state index in [2.05, 4.69) is 13.8 Å². The minimum Gasteiger partial charge on any atom is -0.392 e. The van der Waals surface area contributed by atoms with Crippen molar-refractivity contribution >= 4 is 35.3 Å². The lowest BCUT2D eigenvalue weighted by Gasteiger charge is -2.43. The summed E-state index contributed by atoms with van der Waals surface area (Å²) >= 11 is 6.06. The van der Waals surface area contributed by atoms with E-state index < -0.39 is 0 Å². The summed E-state index contributed by atoms with van der Waals surface area (Å²) in [5.41, 5.74) is 0.0972. The predicted octanol–water partition coefficient (Wildman–Crippen LogP) is 3.28. The number of aliphatic hydroxyl groups excluding tert-OH is 1. The molecule has 3 aliphatic rings. The Morgan fingerprint density at radius 2 is 2.15 bits per heavy atom. The fourth-order valence-corrected chi connectivity index (χ4v) is 7.98. The number of aliphatic hydroxyl groups is 1. The van der Waals surface area contributed by atoms with E-state index in [1.165, 1.54) is 12.2 Å². The van der Waals surface area contributed by atoms with Gasteiger partial charge in [0.05, 0.1) is 11.7 Å². The second-order valence-corrected chi connectivity index (χ2v) is 10.6. The van der Waals surface area contributed by atoms with Crippen LogP contribution in [0, 0.1) is 5.92 Å². The normalized spacial score (nSPS) is 47.5. The third-order valence-corrected chi connectivity index (χ3v) is 9.76. The summed E-state index contributed by atoms with van der Waals surface area (Å²) in [6.45, 7) is 5.46. The van der Waals surface area contributed by atoms with Crippen LogP contribution in [0.25, 0.3) is 0 Å². The molecule has 2 nitrogen and oxygen atoms in total. The van der Waals surface area contributed by atoms with Gasteiger partial charge < -0.3 is 9.84 Å². The van der Waals surface area contributed by atoms with E-state index >= 15 is 0 Å². The standard InChI is InChI=1S/C15H26O2S3/c1-10-11(2)20-13(8-19-10)14(16)12-3-5-17-15(7-12)4-6-18-9-15/h10-14,16H,3-9H2,1-2H3. The van der Waals surface area contributed by atoms with Gasteiger partial charge in [-0.05, 0) is 30.9 Å². The molecule has 0 saturated carbocycles. The van der Waals surface area contributed by atoms with Crippen molar-refractivity contribution in [3.05, 3.63) is 0 Å². The first-order valence-electron chi connectivity index (χ1n) is 7.76. The summed E-state index contributed by atoms with van der Waals surface area (Å²) in [4.78, 5) is 0. The van der Waals surface area contributed by atoms with Gasteiger partial charge in [-0.2, -0.15) is 35.3 Å². The molecular formula is C15H26O2S3. The Balaban J connectivity index is 1.60. The third kappa shape index (κ3) is 3.32. The van der Waals surface area contributed by atoms with Gasteiger partial charge in [-0.25, -0.2) is 0 Å². The zero-order valence-electron chi connectivity index (χ0n) is 12.4. The van der Waals surface area contributed by atoms with Crippen LogP contribution in [0.15, 0.2) is 0 Å². The topological polar surface area (TPSA) is 29.5 Å². The molecule has 3 heterocycles. The Bertz CT molecular complexity index is 333. The van der Waals surface area contributed by atoms with Crippen LogP contribution in [0.3, 0.4) is 0 Å². The van der Waals surface area contributed by atoms with E-state index in [0.717, 1.165) is 36.2 Å². The van der Waals surface area contributed by atoms with Crippen molar-refractivity contribution in [2.24, 2.45) is 5.92 Å². The molecular weight excluding hydrogens is 308 g/mol.